The zero-order valence-corrected chi connectivity index (χ0v) is 51.2. The predicted octanol–water partition coefficient (Wildman–Crippen LogP) is 16.5. The van der Waals surface area contributed by atoms with Crippen molar-refractivity contribution >= 4 is 101 Å². The number of thiazole rings is 2. The van der Waals surface area contributed by atoms with Gasteiger partial charge in [-0.15, -0.1) is 22.7 Å². The number of carbonyl (C=O) groups is 2. The first kappa shape index (κ1) is 58.1. The van der Waals surface area contributed by atoms with Gasteiger partial charge in [0.15, 0.2) is 12.2 Å². The Kier molecular flexibility index (Phi) is 16.4. The summed E-state index contributed by atoms with van der Waals surface area (Å²) in [5.41, 5.74) is 13.6. The van der Waals surface area contributed by atoms with Gasteiger partial charge in [0, 0.05) is 105 Å². The molecule has 2 aliphatic rings. The lowest BCUT2D eigenvalue weighted by atomic mass is 9.91. The van der Waals surface area contributed by atoms with Gasteiger partial charge in [-0.2, -0.15) is 0 Å². The quantitative estimate of drug-likeness (QED) is 0.108. The predicted molar refractivity (Wildman–Crippen MR) is 337 cm³/mol. The van der Waals surface area contributed by atoms with E-state index >= 15 is 0 Å². The number of aryl methyl sites for hydroxylation is 2. The summed E-state index contributed by atoms with van der Waals surface area (Å²) in [6, 6.07) is 31.3. The Morgan fingerprint density at radius 2 is 1.02 bits per heavy atom. The zero-order valence-electron chi connectivity index (χ0n) is 48.0. The van der Waals surface area contributed by atoms with Gasteiger partial charge in [-0.25, -0.2) is 29.5 Å². The molecule has 0 bridgehead atoms. The van der Waals surface area contributed by atoms with Crippen LogP contribution in [0.1, 0.15) is 94.1 Å². The highest BCUT2D eigenvalue weighted by Crippen LogP contribution is 2.48. The number of esters is 1. The molecule has 0 unspecified atom stereocenters. The lowest BCUT2D eigenvalue weighted by Gasteiger charge is -2.29. The Morgan fingerprint density at radius 3 is 1.44 bits per heavy atom. The van der Waals surface area contributed by atoms with Crippen molar-refractivity contribution in [3.05, 3.63) is 178 Å². The third kappa shape index (κ3) is 12.1. The molecule has 0 spiro atoms. The molecule has 12 rings (SSSR count). The number of aromatic nitrogens is 6. The number of halogens is 2. The van der Waals surface area contributed by atoms with Crippen LogP contribution >= 0.6 is 45.9 Å². The Labute approximate surface area is 506 Å². The summed E-state index contributed by atoms with van der Waals surface area (Å²) in [7, 11) is 0. The minimum Gasteiger partial charge on any atom is -0.479 e. The van der Waals surface area contributed by atoms with E-state index in [0.29, 0.717) is 15.6 Å². The van der Waals surface area contributed by atoms with Gasteiger partial charge in [0.25, 0.3) is 0 Å². The largest absolute Gasteiger partial charge is 0.479 e. The van der Waals surface area contributed by atoms with Crippen LogP contribution in [0.15, 0.2) is 134 Å². The maximum Gasteiger partial charge on any atom is 0.339 e. The van der Waals surface area contributed by atoms with Crippen LogP contribution in [-0.4, -0.2) is 77.8 Å². The first-order valence-corrected chi connectivity index (χ1v) is 30.1. The van der Waals surface area contributed by atoms with Gasteiger partial charge in [0.05, 0.1) is 38.2 Å². The van der Waals surface area contributed by atoms with Crippen molar-refractivity contribution in [2.45, 2.75) is 98.6 Å². The Hall–Kier alpha value is -7.70. The number of anilines is 4. The van der Waals surface area contributed by atoms with Crippen molar-refractivity contribution in [3.8, 4) is 43.4 Å². The van der Waals surface area contributed by atoms with Gasteiger partial charge in [0.2, 0.25) is 0 Å². The summed E-state index contributed by atoms with van der Waals surface area (Å²) < 4.78 is 19.9. The molecule has 14 nitrogen and oxygen atoms in total. The van der Waals surface area contributed by atoms with E-state index in [9.17, 15) is 14.7 Å². The highest BCUT2D eigenvalue weighted by atomic mass is 35.5. The Balaban J connectivity index is 0.000000176. The molecule has 2 aliphatic heterocycles. The summed E-state index contributed by atoms with van der Waals surface area (Å²) in [6.07, 6.45) is 10.9. The minimum absolute atomic E-state index is 0.257. The van der Waals surface area contributed by atoms with Gasteiger partial charge >= 0.3 is 11.9 Å². The van der Waals surface area contributed by atoms with Crippen molar-refractivity contribution in [2.75, 3.05) is 29.5 Å². The monoisotopic (exact) mass is 1200 g/mol. The SMILES string of the molecule is CCOC(=O)[C@@H](OC(C)(C)C)c1c(C)cc2nc(-c3ccnc(N4CCc5cnccc54)c3)sc2c1-c1ccc(Cl)cc1.Cc1cc2nc(-c3ccnc(N4CCc5cnccc54)c3)sc2c(-c2ccc(Cl)cc2)c1[C@H](OC(C)(C)C)C(=O)O. The van der Waals surface area contributed by atoms with Crippen LogP contribution in [0, 0.1) is 13.8 Å². The van der Waals surface area contributed by atoms with Crippen molar-refractivity contribution in [1.82, 2.24) is 29.9 Å². The van der Waals surface area contributed by atoms with Crippen LogP contribution in [0.2, 0.25) is 10.0 Å². The zero-order chi connectivity index (χ0) is 59.2. The molecule has 6 aromatic heterocycles. The Morgan fingerprint density at radius 1 is 0.595 bits per heavy atom. The van der Waals surface area contributed by atoms with E-state index in [1.54, 1.807) is 24.5 Å². The molecule has 428 valence electrons. The first-order valence-electron chi connectivity index (χ1n) is 27.7. The number of hydrogen-bond donors (Lipinski definition) is 1. The molecule has 18 heteroatoms. The molecular formula is C66H62Cl2N8O6S2. The van der Waals surface area contributed by atoms with Crippen molar-refractivity contribution in [2.24, 2.45) is 0 Å². The summed E-state index contributed by atoms with van der Waals surface area (Å²) in [4.78, 5) is 58.5. The number of aliphatic carboxylic acids is 1. The molecule has 0 aliphatic carbocycles. The van der Waals surface area contributed by atoms with Crippen LogP contribution in [0.25, 0.3) is 63.8 Å². The van der Waals surface area contributed by atoms with Gasteiger partial charge in [-0.3, -0.25) is 9.97 Å². The second-order valence-electron chi connectivity index (χ2n) is 22.6. The lowest BCUT2D eigenvalue weighted by molar-refractivity contribution is -0.166. The van der Waals surface area contributed by atoms with E-state index in [0.717, 1.165) is 129 Å². The maximum atomic E-state index is 13.4. The summed E-state index contributed by atoms with van der Waals surface area (Å²) in [6.45, 7) is 19.1. The fourth-order valence-electron chi connectivity index (χ4n) is 10.9. The fraction of sp³-hybridized carbons (Fsp3) is 0.273. The van der Waals surface area contributed by atoms with E-state index in [1.165, 1.54) is 22.5 Å². The van der Waals surface area contributed by atoms with E-state index in [2.05, 4.69) is 36.9 Å². The van der Waals surface area contributed by atoms with Crippen LogP contribution in [0.3, 0.4) is 0 Å². The number of rotatable bonds is 13. The van der Waals surface area contributed by atoms with Gasteiger partial charge in [0.1, 0.15) is 21.7 Å². The van der Waals surface area contributed by atoms with Crippen molar-refractivity contribution in [3.63, 3.8) is 0 Å². The smallest absolute Gasteiger partial charge is 0.339 e. The molecule has 1 N–H and O–H groups in total. The number of carbonyl (C=O) groups excluding carboxylic acids is 1. The Bertz CT molecular complexity index is 4120. The number of benzene rings is 4. The van der Waals surface area contributed by atoms with Crippen LogP contribution < -0.4 is 9.80 Å². The van der Waals surface area contributed by atoms with Gasteiger partial charge in [-0.1, -0.05) is 47.5 Å². The topological polar surface area (TPSA) is 166 Å². The van der Waals surface area contributed by atoms with E-state index in [1.807, 2.05) is 171 Å². The number of hydrogen-bond acceptors (Lipinski definition) is 15. The molecule has 0 saturated heterocycles. The van der Waals surface area contributed by atoms with Crippen molar-refractivity contribution < 1.29 is 28.9 Å². The molecule has 0 fully saturated rings. The molecule has 10 aromatic rings. The van der Waals surface area contributed by atoms with E-state index in [4.69, 9.17) is 52.4 Å². The second-order valence-corrected chi connectivity index (χ2v) is 25.5. The number of carboxylic acid groups (broad SMARTS) is 1. The summed E-state index contributed by atoms with van der Waals surface area (Å²) in [5.74, 6) is 0.269. The average Bonchev–Trinajstić information content (AvgIpc) is 2.11. The standard InChI is InChI=1S/C34H33ClN4O3S.C32H29ClN4O3S/c1-6-41-33(40)30(42-34(3,4)5)28-20(2)17-25-31(29(28)21-7-9-24(35)10-8-21)43-32(38-25)22-11-15-37-27(18-22)39-16-13-23-19-36-14-12-26(23)39;1-18-15-23-29(27(19-5-7-22(33)8-6-19)26(18)28(31(38)39)40-32(2,3)4)41-30(36-23)20-9-13-35-25(16-20)37-14-11-21-17-34-12-10-24(21)37/h7-12,14-15,17-19,30H,6,13,16H2,1-5H3;5-10,12-13,15-17,28H,11,14H2,1-4H3,(H,38,39)/t30-;28-/m00/s1. The second kappa shape index (κ2) is 23.7. The molecule has 0 amide bonds. The number of ether oxygens (including phenoxy) is 3. The van der Waals surface area contributed by atoms with Crippen LogP contribution in [0.4, 0.5) is 23.0 Å². The van der Waals surface area contributed by atoms with Gasteiger partial charge < -0.3 is 29.1 Å². The number of fused-ring (bicyclic) bond motifs is 4. The summed E-state index contributed by atoms with van der Waals surface area (Å²) >= 11 is 15.6. The molecule has 0 radical (unpaired) electrons. The van der Waals surface area contributed by atoms with Gasteiger partial charge in [-0.05, 0) is 181 Å². The highest BCUT2D eigenvalue weighted by molar-refractivity contribution is 7.22. The normalized spacial score (nSPS) is 13.8. The third-order valence-corrected chi connectivity index (χ3v) is 17.2. The van der Waals surface area contributed by atoms with E-state index < -0.39 is 35.3 Å². The minimum atomic E-state index is -1.16. The van der Waals surface area contributed by atoms with Crippen LogP contribution in [-0.2, 0) is 36.6 Å². The molecule has 8 heterocycles. The average molecular weight is 1200 g/mol. The molecular weight excluding hydrogens is 1140 g/mol. The molecule has 0 saturated carbocycles. The maximum absolute atomic E-state index is 13.4. The number of nitrogens with zero attached hydrogens (tertiary/aromatic N) is 8. The third-order valence-electron chi connectivity index (χ3n) is 14.4. The van der Waals surface area contributed by atoms with Crippen molar-refractivity contribution in [1.29, 1.82) is 0 Å². The highest BCUT2D eigenvalue weighted by Gasteiger charge is 2.35. The molecule has 2 atom stereocenters. The van der Waals surface area contributed by atoms with Crippen LogP contribution in [0.5, 0.6) is 0 Å². The number of pyridine rings is 4. The molecule has 4 aromatic carbocycles. The number of carboxylic acids is 1. The lowest BCUT2D eigenvalue weighted by Crippen LogP contribution is -2.29. The summed E-state index contributed by atoms with van der Waals surface area (Å²) in [5, 5.41) is 13.2. The fourth-order valence-corrected chi connectivity index (χ4v) is 13.4. The molecule has 84 heavy (non-hydrogen) atoms. The first-order chi connectivity index (χ1) is 40.2. The van der Waals surface area contributed by atoms with E-state index in [-0.39, 0.29) is 6.61 Å².